The van der Waals surface area contributed by atoms with Crippen molar-refractivity contribution in [1.82, 2.24) is 0 Å². The van der Waals surface area contributed by atoms with E-state index in [-0.39, 0.29) is 10.9 Å². The van der Waals surface area contributed by atoms with E-state index in [0.29, 0.717) is 0 Å². The molecular weight excluding hydrogens is 344 g/mol. The average molecular weight is 378 g/mol. The molecule has 0 aromatic heterocycles. The standard InChI is InChI=1S/C18H15S.C8H18/c1-4-10-16(11-5-1)19(17-12-6-2-7-13-17)18-14-8-3-9-15-18;1-3-5-7-8-6-4-2/h1-15H;3-8H2,1-2H3/q+1;. The molecule has 0 radical (unpaired) electrons. The summed E-state index contributed by atoms with van der Waals surface area (Å²) in [5, 5.41) is 0. The van der Waals surface area contributed by atoms with Crippen molar-refractivity contribution < 1.29 is 0 Å². The maximum atomic E-state index is 2.26. The number of unbranched alkanes of at least 4 members (excludes halogenated alkanes) is 5. The zero-order chi connectivity index (χ0) is 19.2. The summed E-state index contributed by atoms with van der Waals surface area (Å²) < 4.78 is 0. The van der Waals surface area contributed by atoms with Gasteiger partial charge in [-0.1, -0.05) is 107 Å². The first-order chi connectivity index (χ1) is 13.4. The van der Waals surface area contributed by atoms with E-state index in [0.717, 1.165) is 0 Å². The second-order valence-corrected chi connectivity index (χ2v) is 8.69. The lowest BCUT2D eigenvalue weighted by Gasteiger charge is -2.07. The van der Waals surface area contributed by atoms with E-state index in [1.807, 2.05) is 0 Å². The van der Waals surface area contributed by atoms with E-state index in [4.69, 9.17) is 0 Å². The van der Waals surface area contributed by atoms with Gasteiger partial charge in [-0.15, -0.1) is 0 Å². The lowest BCUT2D eigenvalue weighted by Crippen LogP contribution is -2.04. The highest BCUT2D eigenvalue weighted by Crippen LogP contribution is 2.30. The Morgan fingerprint density at radius 1 is 0.444 bits per heavy atom. The first kappa shape index (κ1) is 21.3. The highest BCUT2D eigenvalue weighted by atomic mass is 32.2. The van der Waals surface area contributed by atoms with Crippen molar-refractivity contribution in [2.24, 2.45) is 0 Å². The Labute approximate surface area is 169 Å². The van der Waals surface area contributed by atoms with Crippen LogP contribution in [0.1, 0.15) is 52.4 Å². The molecule has 0 aliphatic carbocycles. The lowest BCUT2D eigenvalue weighted by atomic mass is 10.1. The molecule has 0 saturated heterocycles. The Morgan fingerprint density at radius 2 is 0.741 bits per heavy atom. The van der Waals surface area contributed by atoms with Gasteiger partial charge >= 0.3 is 0 Å². The molecule has 0 N–H and O–H groups in total. The van der Waals surface area contributed by atoms with Crippen LogP contribution in [0.15, 0.2) is 106 Å². The van der Waals surface area contributed by atoms with Crippen LogP contribution >= 0.6 is 0 Å². The molecule has 0 bridgehead atoms. The van der Waals surface area contributed by atoms with E-state index < -0.39 is 0 Å². The number of hydrogen-bond acceptors (Lipinski definition) is 0. The van der Waals surface area contributed by atoms with Gasteiger partial charge in [0.25, 0.3) is 0 Å². The lowest BCUT2D eigenvalue weighted by molar-refractivity contribution is 0.624. The summed E-state index contributed by atoms with van der Waals surface area (Å²) in [4.78, 5) is 4.08. The Kier molecular flexibility index (Phi) is 10.4. The van der Waals surface area contributed by atoms with Crippen LogP contribution in [0.2, 0.25) is 0 Å². The van der Waals surface area contributed by atoms with Gasteiger partial charge in [-0.3, -0.25) is 0 Å². The Hall–Kier alpha value is -1.99. The van der Waals surface area contributed by atoms with E-state index in [2.05, 4.69) is 105 Å². The minimum atomic E-state index is -0.0146. The molecule has 3 aromatic carbocycles. The zero-order valence-corrected chi connectivity index (χ0v) is 17.6. The van der Waals surface area contributed by atoms with Gasteiger partial charge in [-0.25, -0.2) is 0 Å². The van der Waals surface area contributed by atoms with Crippen LogP contribution in [0.25, 0.3) is 0 Å². The van der Waals surface area contributed by atoms with Crippen molar-refractivity contribution in [3.8, 4) is 0 Å². The Morgan fingerprint density at radius 3 is 1.00 bits per heavy atom. The van der Waals surface area contributed by atoms with Crippen LogP contribution in [0.4, 0.5) is 0 Å². The normalized spacial score (nSPS) is 10.3. The van der Waals surface area contributed by atoms with E-state index in [9.17, 15) is 0 Å². The topological polar surface area (TPSA) is 0 Å². The summed E-state index contributed by atoms with van der Waals surface area (Å²) in [5.41, 5.74) is 0. The molecule has 0 fully saturated rings. The van der Waals surface area contributed by atoms with Gasteiger partial charge in [-0.05, 0) is 36.4 Å². The molecule has 0 saturated carbocycles. The first-order valence-electron chi connectivity index (χ1n) is 10.3. The van der Waals surface area contributed by atoms with Crippen LogP contribution in [0, 0.1) is 0 Å². The molecule has 3 rings (SSSR count). The van der Waals surface area contributed by atoms with E-state index in [1.54, 1.807) is 0 Å². The van der Waals surface area contributed by atoms with Gasteiger partial charge in [0.1, 0.15) is 0 Å². The zero-order valence-electron chi connectivity index (χ0n) is 16.8. The molecule has 0 unspecified atom stereocenters. The molecule has 0 atom stereocenters. The summed E-state index contributed by atoms with van der Waals surface area (Å²) in [6.45, 7) is 4.51. The van der Waals surface area contributed by atoms with E-state index in [1.165, 1.54) is 53.2 Å². The van der Waals surface area contributed by atoms with Crippen molar-refractivity contribution >= 4 is 10.9 Å². The van der Waals surface area contributed by atoms with Crippen LogP contribution < -0.4 is 0 Å². The largest absolute Gasteiger partial charge is 0.166 e. The highest BCUT2D eigenvalue weighted by Gasteiger charge is 2.27. The van der Waals surface area contributed by atoms with Gasteiger partial charge < -0.3 is 0 Å². The van der Waals surface area contributed by atoms with Crippen molar-refractivity contribution in [2.45, 2.75) is 67.1 Å². The fourth-order valence-corrected chi connectivity index (χ4v) is 5.04. The highest BCUT2D eigenvalue weighted by molar-refractivity contribution is 7.97. The number of rotatable bonds is 8. The maximum absolute atomic E-state index is 2.26. The summed E-state index contributed by atoms with van der Waals surface area (Å²) >= 11 is 0. The summed E-state index contributed by atoms with van der Waals surface area (Å²) in [6, 6.07) is 32.2. The first-order valence-corrected chi connectivity index (χ1v) is 11.5. The van der Waals surface area contributed by atoms with Crippen molar-refractivity contribution in [3.05, 3.63) is 91.0 Å². The molecule has 3 aromatic rings. The quantitative estimate of drug-likeness (QED) is 0.274. The van der Waals surface area contributed by atoms with Crippen molar-refractivity contribution in [1.29, 1.82) is 0 Å². The van der Waals surface area contributed by atoms with Gasteiger partial charge in [0, 0.05) is 0 Å². The van der Waals surface area contributed by atoms with Crippen LogP contribution in [-0.2, 0) is 10.9 Å². The van der Waals surface area contributed by atoms with Gasteiger partial charge in [0.15, 0.2) is 14.7 Å². The van der Waals surface area contributed by atoms with Gasteiger partial charge in [0.2, 0.25) is 0 Å². The Bertz CT molecular complexity index is 607. The minimum absolute atomic E-state index is 0.0146. The second-order valence-electron chi connectivity index (χ2n) is 6.66. The van der Waals surface area contributed by atoms with E-state index >= 15 is 0 Å². The molecule has 142 valence electrons. The van der Waals surface area contributed by atoms with Crippen LogP contribution in [0.5, 0.6) is 0 Å². The smallest absolute Gasteiger partial charge is 0.0654 e. The van der Waals surface area contributed by atoms with Crippen molar-refractivity contribution in [2.75, 3.05) is 0 Å². The fourth-order valence-electron chi connectivity index (χ4n) is 2.93. The predicted octanol–water partition coefficient (Wildman–Crippen LogP) is 8.15. The average Bonchev–Trinajstić information content (AvgIpc) is 2.74. The molecule has 1 heteroatoms. The molecule has 0 nitrogen and oxygen atoms in total. The molecule has 0 spiro atoms. The molecule has 0 amide bonds. The Balaban J connectivity index is 0.000000279. The second kappa shape index (κ2) is 13.2. The predicted molar refractivity (Wildman–Crippen MR) is 121 cm³/mol. The molecule has 27 heavy (non-hydrogen) atoms. The van der Waals surface area contributed by atoms with Crippen LogP contribution in [-0.4, -0.2) is 0 Å². The molecule has 0 heterocycles. The SMILES string of the molecule is CCCCCCCC.c1ccc([S+](c2ccccc2)c2ccccc2)cc1. The third-order valence-electron chi connectivity index (χ3n) is 4.39. The molecule has 0 aliphatic rings. The summed E-state index contributed by atoms with van der Waals surface area (Å²) in [5.74, 6) is 0. The maximum Gasteiger partial charge on any atom is 0.166 e. The summed E-state index contributed by atoms with van der Waals surface area (Å²) in [6.07, 6.45) is 8.49. The van der Waals surface area contributed by atoms with Gasteiger partial charge in [-0.2, -0.15) is 0 Å². The molecule has 0 aliphatic heterocycles. The monoisotopic (exact) mass is 377 g/mol. The molecular formula is C26H33S+. The fraction of sp³-hybridized carbons (Fsp3) is 0.308. The minimum Gasteiger partial charge on any atom is -0.0654 e. The number of hydrogen-bond donors (Lipinski definition) is 0. The third-order valence-corrected chi connectivity index (χ3v) is 6.62. The third kappa shape index (κ3) is 7.64. The van der Waals surface area contributed by atoms with Gasteiger partial charge in [0.05, 0.1) is 10.9 Å². The van der Waals surface area contributed by atoms with Crippen LogP contribution in [0.3, 0.4) is 0 Å². The van der Waals surface area contributed by atoms with Crippen molar-refractivity contribution in [3.63, 3.8) is 0 Å². The summed E-state index contributed by atoms with van der Waals surface area (Å²) in [7, 11) is -0.0146. The number of benzene rings is 3.